The number of carbonyl (C=O) groups is 2. The normalized spacial score (nSPS) is 11.0. The number of carbonyl (C=O) groups excluding carboxylic acids is 1. The molecule has 2 aromatic carbocycles. The summed E-state index contributed by atoms with van der Waals surface area (Å²) in [5.41, 5.74) is 1.87. The smallest absolute Gasteiger partial charge is 0.336 e. The molecule has 28 heavy (non-hydrogen) atoms. The zero-order valence-electron chi connectivity index (χ0n) is 14.8. The number of benzene rings is 2. The summed E-state index contributed by atoms with van der Waals surface area (Å²) in [5.74, 6) is -1.73. The van der Waals surface area contributed by atoms with Gasteiger partial charge in [-0.2, -0.15) is 0 Å². The number of carboxylic acid groups (broad SMARTS) is 1. The van der Waals surface area contributed by atoms with Gasteiger partial charge in [0.1, 0.15) is 11.2 Å². The second-order valence-corrected chi connectivity index (χ2v) is 6.39. The fourth-order valence-corrected chi connectivity index (χ4v) is 3.16. The zero-order chi connectivity index (χ0) is 19.8. The number of rotatable bonds is 4. The molecule has 4 aromatic rings. The maximum absolute atomic E-state index is 12.5. The van der Waals surface area contributed by atoms with Gasteiger partial charge in [0.25, 0.3) is 5.91 Å². The highest BCUT2D eigenvalue weighted by Crippen LogP contribution is 2.27. The second kappa shape index (κ2) is 6.70. The maximum atomic E-state index is 12.5. The summed E-state index contributed by atoms with van der Waals surface area (Å²) < 4.78 is 10.7. The molecule has 0 fully saturated rings. The van der Waals surface area contributed by atoms with Crippen LogP contribution in [0.5, 0.6) is 0 Å². The van der Waals surface area contributed by atoms with Crippen molar-refractivity contribution >= 4 is 33.8 Å². The van der Waals surface area contributed by atoms with Crippen LogP contribution in [0.3, 0.4) is 0 Å². The van der Waals surface area contributed by atoms with Crippen molar-refractivity contribution in [2.75, 3.05) is 0 Å². The lowest BCUT2D eigenvalue weighted by Crippen LogP contribution is -2.25. The number of hydrogen-bond donors (Lipinski definition) is 2. The summed E-state index contributed by atoms with van der Waals surface area (Å²) in [4.78, 5) is 35.7. The van der Waals surface area contributed by atoms with E-state index in [4.69, 9.17) is 8.83 Å². The highest BCUT2D eigenvalue weighted by Gasteiger charge is 2.16. The maximum Gasteiger partial charge on any atom is 0.336 e. The molecule has 7 nitrogen and oxygen atoms in total. The topological polar surface area (TPSA) is 110 Å². The quantitative estimate of drug-likeness (QED) is 0.527. The molecular weight excluding hydrogens is 362 g/mol. The van der Waals surface area contributed by atoms with E-state index in [1.807, 2.05) is 13.0 Å². The van der Waals surface area contributed by atoms with E-state index in [2.05, 4.69) is 5.32 Å². The highest BCUT2D eigenvalue weighted by molar-refractivity contribution is 6.05. The van der Waals surface area contributed by atoms with Crippen molar-refractivity contribution in [2.45, 2.75) is 13.5 Å². The number of aryl methyl sites for hydroxylation is 1. The van der Waals surface area contributed by atoms with Gasteiger partial charge in [0, 0.05) is 29.4 Å². The molecule has 2 aromatic heterocycles. The molecule has 0 aliphatic carbocycles. The van der Waals surface area contributed by atoms with Crippen molar-refractivity contribution < 1.29 is 23.5 Å². The molecule has 4 rings (SSSR count). The average molecular weight is 377 g/mol. The van der Waals surface area contributed by atoms with E-state index in [0.29, 0.717) is 22.1 Å². The van der Waals surface area contributed by atoms with Crippen LogP contribution in [0.4, 0.5) is 0 Å². The zero-order valence-corrected chi connectivity index (χ0v) is 14.8. The van der Waals surface area contributed by atoms with Gasteiger partial charge in [0.2, 0.25) is 0 Å². The van der Waals surface area contributed by atoms with Crippen molar-refractivity contribution in [3.63, 3.8) is 0 Å². The number of amides is 1. The van der Waals surface area contributed by atoms with Gasteiger partial charge in [-0.15, -0.1) is 0 Å². The number of furan rings is 1. The van der Waals surface area contributed by atoms with E-state index in [1.54, 1.807) is 24.5 Å². The monoisotopic (exact) mass is 377 g/mol. The van der Waals surface area contributed by atoms with Gasteiger partial charge >= 0.3 is 11.6 Å². The lowest BCUT2D eigenvalue weighted by atomic mass is 10.1. The SMILES string of the molecule is Cc1coc2cc3oc(=O)cc(CNC(=O)c4ccccc4C(=O)O)c3cc12. The second-order valence-electron chi connectivity index (χ2n) is 6.39. The van der Waals surface area contributed by atoms with Crippen LogP contribution in [0.25, 0.3) is 21.9 Å². The first kappa shape index (κ1) is 17.5. The van der Waals surface area contributed by atoms with Crippen molar-refractivity contribution in [1.29, 1.82) is 0 Å². The molecule has 140 valence electrons. The molecule has 0 atom stereocenters. The summed E-state index contributed by atoms with van der Waals surface area (Å²) in [7, 11) is 0. The molecule has 2 heterocycles. The summed E-state index contributed by atoms with van der Waals surface area (Å²) >= 11 is 0. The number of fused-ring (bicyclic) bond motifs is 2. The minimum Gasteiger partial charge on any atom is -0.478 e. The van der Waals surface area contributed by atoms with E-state index < -0.39 is 17.5 Å². The van der Waals surface area contributed by atoms with Gasteiger partial charge in [0.05, 0.1) is 17.4 Å². The van der Waals surface area contributed by atoms with Gasteiger partial charge in [-0.3, -0.25) is 4.79 Å². The first-order chi connectivity index (χ1) is 13.4. The predicted octanol–water partition coefficient (Wildman–Crippen LogP) is 3.48. The van der Waals surface area contributed by atoms with Crippen LogP contribution < -0.4 is 10.9 Å². The van der Waals surface area contributed by atoms with Gasteiger partial charge in [-0.25, -0.2) is 9.59 Å². The minimum atomic E-state index is -1.19. The molecule has 0 radical (unpaired) electrons. The lowest BCUT2D eigenvalue weighted by Gasteiger charge is -2.09. The Morgan fingerprint density at radius 1 is 1.04 bits per heavy atom. The van der Waals surface area contributed by atoms with E-state index in [1.165, 1.54) is 18.2 Å². The summed E-state index contributed by atoms with van der Waals surface area (Å²) in [6.45, 7) is 1.94. The van der Waals surface area contributed by atoms with Gasteiger partial charge in [0.15, 0.2) is 0 Å². The third kappa shape index (κ3) is 3.03. The predicted molar refractivity (Wildman–Crippen MR) is 102 cm³/mol. The van der Waals surface area contributed by atoms with Crippen molar-refractivity contribution in [3.8, 4) is 0 Å². The van der Waals surface area contributed by atoms with Gasteiger partial charge in [-0.1, -0.05) is 12.1 Å². The lowest BCUT2D eigenvalue weighted by molar-refractivity contribution is 0.0691. The van der Waals surface area contributed by atoms with Crippen LogP contribution in [0.1, 0.15) is 31.8 Å². The number of carboxylic acids is 1. The van der Waals surface area contributed by atoms with E-state index in [9.17, 15) is 19.5 Å². The Kier molecular flexibility index (Phi) is 4.19. The Bertz CT molecular complexity index is 1300. The van der Waals surface area contributed by atoms with Crippen molar-refractivity contribution in [1.82, 2.24) is 5.32 Å². The molecule has 7 heteroatoms. The molecule has 0 aliphatic rings. The minimum absolute atomic E-state index is 0.0390. The van der Waals surface area contributed by atoms with Crippen molar-refractivity contribution in [2.24, 2.45) is 0 Å². The molecule has 1 amide bonds. The number of nitrogens with one attached hydrogen (secondary N) is 1. The van der Waals surface area contributed by atoms with Crippen LogP contribution in [0.15, 0.2) is 62.4 Å². The first-order valence-corrected chi connectivity index (χ1v) is 8.49. The Labute approximate surface area is 158 Å². The molecule has 0 unspecified atom stereocenters. The van der Waals surface area contributed by atoms with Crippen LogP contribution in [-0.4, -0.2) is 17.0 Å². The number of aromatic carboxylic acids is 1. The molecule has 2 N–H and O–H groups in total. The first-order valence-electron chi connectivity index (χ1n) is 8.49. The van der Waals surface area contributed by atoms with Crippen LogP contribution in [-0.2, 0) is 6.54 Å². The summed E-state index contributed by atoms with van der Waals surface area (Å²) in [5, 5.41) is 13.5. The van der Waals surface area contributed by atoms with Crippen LogP contribution in [0.2, 0.25) is 0 Å². The Morgan fingerprint density at radius 2 is 1.79 bits per heavy atom. The Hall–Kier alpha value is -3.87. The van der Waals surface area contributed by atoms with E-state index in [-0.39, 0.29) is 17.7 Å². The Morgan fingerprint density at radius 3 is 2.54 bits per heavy atom. The molecule has 0 spiro atoms. The highest BCUT2D eigenvalue weighted by atomic mass is 16.4. The summed E-state index contributed by atoms with van der Waals surface area (Å²) in [6, 6.07) is 10.7. The van der Waals surface area contributed by atoms with Crippen LogP contribution in [0, 0.1) is 6.92 Å². The summed E-state index contributed by atoms with van der Waals surface area (Å²) in [6.07, 6.45) is 1.62. The Balaban J connectivity index is 1.71. The molecule has 0 saturated carbocycles. The standard InChI is InChI=1S/C21H15NO6/c1-11-10-27-17-8-18-16(7-15(11)17)12(6-19(23)28-18)9-22-20(24)13-4-2-3-5-14(13)21(25)26/h2-8,10H,9H2,1H3,(H,22,24)(H,25,26). The van der Waals surface area contributed by atoms with Crippen molar-refractivity contribution in [3.05, 3.63) is 81.4 Å². The fourth-order valence-electron chi connectivity index (χ4n) is 3.16. The number of hydrogen-bond acceptors (Lipinski definition) is 5. The van der Waals surface area contributed by atoms with Gasteiger partial charge in [-0.05, 0) is 36.2 Å². The third-order valence-electron chi connectivity index (χ3n) is 4.56. The van der Waals surface area contributed by atoms with Crippen LogP contribution >= 0.6 is 0 Å². The van der Waals surface area contributed by atoms with E-state index >= 15 is 0 Å². The van der Waals surface area contributed by atoms with Gasteiger partial charge < -0.3 is 19.3 Å². The fraction of sp³-hybridized carbons (Fsp3) is 0.0952. The third-order valence-corrected chi connectivity index (χ3v) is 4.56. The largest absolute Gasteiger partial charge is 0.478 e. The average Bonchev–Trinajstić information content (AvgIpc) is 3.04. The molecule has 0 bridgehead atoms. The van der Waals surface area contributed by atoms with E-state index in [0.717, 1.165) is 10.9 Å². The molecular formula is C21H15NO6. The molecule has 0 aliphatic heterocycles. The molecule has 0 saturated heterocycles.